The number of benzene rings is 1. The monoisotopic (exact) mass is 384 g/mol. The van der Waals surface area contributed by atoms with Crippen molar-refractivity contribution in [2.45, 2.75) is 52.0 Å². The molecule has 1 aromatic carbocycles. The van der Waals surface area contributed by atoms with Crippen LogP contribution in [0.25, 0.3) is 0 Å². The Morgan fingerprint density at radius 2 is 2.15 bits per heavy atom. The molecule has 1 fully saturated rings. The molecule has 0 aliphatic carbocycles. The fraction of sp³-hybridized carbons (Fsp3) is 0.650. The molecule has 2 N–H and O–H groups in total. The molecule has 1 heterocycles. The first-order valence-electron chi connectivity index (χ1n) is 9.47. The molecule has 1 aliphatic rings. The molecule has 0 saturated carbocycles. The predicted molar refractivity (Wildman–Crippen MR) is 107 cm³/mol. The average Bonchev–Trinajstić information content (AvgIpc) is 2.65. The third kappa shape index (κ3) is 6.69. The Morgan fingerprint density at radius 1 is 1.35 bits per heavy atom. The van der Waals surface area contributed by atoms with E-state index < -0.39 is 0 Å². The van der Waals surface area contributed by atoms with Crippen LogP contribution in [0.1, 0.15) is 57.6 Å². The van der Waals surface area contributed by atoms with Gasteiger partial charge in [-0.05, 0) is 50.4 Å². The van der Waals surface area contributed by atoms with E-state index in [1.165, 1.54) is 12.8 Å². The standard InChI is InChI=1S/C20H32N2O3.ClH/c1-4-5-6-12-25-18-10-9-16(13-19(18)24-3)15(2)22-20(23)17-8-7-11-21-14-17;/h9-10,13,15,17,21H,4-8,11-12,14H2,1-3H3,(H,22,23);1H. The summed E-state index contributed by atoms with van der Waals surface area (Å²) in [4.78, 5) is 12.4. The van der Waals surface area contributed by atoms with Crippen LogP contribution in [0.5, 0.6) is 11.5 Å². The van der Waals surface area contributed by atoms with E-state index in [1.54, 1.807) is 7.11 Å². The lowest BCUT2D eigenvalue weighted by Crippen LogP contribution is -2.41. The van der Waals surface area contributed by atoms with Gasteiger partial charge in [0.25, 0.3) is 0 Å². The summed E-state index contributed by atoms with van der Waals surface area (Å²) in [6, 6.07) is 5.84. The lowest BCUT2D eigenvalue weighted by Gasteiger charge is -2.24. The molecule has 2 rings (SSSR count). The molecule has 26 heavy (non-hydrogen) atoms. The van der Waals surface area contributed by atoms with Gasteiger partial charge in [-0.2, -0.15) is 0 Å². The van der Waals surface area contributed by atoms with Crippen LogP contribution in [0.3, 0.4) is 0 Å². The third-order valence-corrected chi connectivity index (χ3v) is 4.72. The summed E-state index contributed by atoms with van der Waals surface area (Å²) in [5, 5.41) is 6.41. The molecule has 0 bridgehead atoms. The number of carbonyl (C=O) groups excluding carboxylic acids is 1. The number of ether oxygens (including phenoxy) is 2. The van der Waals surface area contributed by atoms with Gasteiger partial charge in [0, 0.05) is 6.54 Å². The van der Waals surface area contributed by atoms with Crippen LogP contribution < -0.4 is 20.1 Å². The quantitative estimate of drug-likeness (QED) is 0.634. The molecule has 0 aromatic heterocycles. The van der Waals surface area contributed by atoms with Crippen LogP contribution >= 0.6 is 12.4 Å². The van der Waals surface area contributed by atoms with Gasteiger partial charge in [0.2, 0.25) is 5.91 Å². The van der Waals surface area contributed by atoms with Gasteiger partial charge in [0.15, 0.2) is 11.5 Å². The molecule has 148 valence electrons. The number of rotatable bonds is 9. The van der Waals surface area contributed by atoms with Crippen LogP contribution in [-0.2, 0) is 4.79 Å². The summed E-state index contributed by atoms with van der Waals surface area (Å²) >= 11 is 0. The first kappa shape index (κ1) is 22.6. The zero-order valence-electron chi connectivity index (χ0n) is 16.2. The number of halogens is 1. The molecular weight excluding hydrogens is 352 g/mol. The highest BCUT2D eigenvalue weighted by atomic mass is 35.5. The molecule has 1 saturated heterocycles. The maximum atomic E-state index is 12.4. The summed E-state index contributed by atoms with van der Waals surface area (Å²) in [5.41, 5.74) is 1.02. The molecule has 2 atom stereocenters. The number of methoxy groups -OCH3 is 1. The van der Waals surface area contributed by atoms with Crippen molar-refractivity contribution in [1.82, 2.24) is 10.6 Å². The summed E-state index contributed by atoms with van der Waals surface area (Å²) in [6.07, 6.45) is 5.40. The van der Waals surface area contributed by atoms with E-state index in [9.17, 15) is 4.79 Å². The number of amides is 1. The molecule has 0 radical (unpaired) electrons. The minimum absolute atomic E-state index is 0. The summed E-state index contributed by atoms with van der Waals surface area (Å²) in [5.74, 6) is 1.67. The van der Waals surface area contributed by atoms with Gasteiger partial charge in [0.05, 0.1) is 25.7 Å². The summed E-state index contributed by atoms with van der Waals surface area (Å²) in [6.45, 7) is 6.66. The Bertz CT molecular complexity index is 548. The highest BCUT2D eigenvalue weighted by Crippen LogP contribution is 2.30. The largest absolute Gasteiger partial charge is 0.493 e. The van der Waals surface area contributed by atoms with Crippen LogP contribution in [0.2, 0.25) is 0 Å². The molecule has 2 unspecified atom stereocenters. The highest BCUT2D eigenvalue weighted by molar-refractivity contribution is 5.85. The zero-order chi connectivity index (χ0) is 18.1. The first-order valence-corrected chi connectivity index (χ1v) is 9.47. The molecule has 1 amide bonds. The molecule has 0 spiro atoms. The second kappa shape index (κ2) is 12.0. The van der Waals surface area contributed by atoms with Gasteiger partial charge in [-0.15, -0.1) is 12.4 Å². The van der Waals surface area contributed by atoms with E-state index in [0.717, 1.165) is 49.4 Å². The first-order chi connectivity index (χ1) is 12.2. The van der Waals surface area contributed by atoms with Crippen LogP contribution in [0.4, 0.5) is 0 Å². The Hall–Kier alpha value is -1.46. The SMILES string of the molecule is CCCCCOc1ccc(C(C)NC(=O)C2CCCNC2)cc1OC.Cl. The van der Waals surface area contributed by atoms with Crippen molar-refractivity contribution in [3.63, 3.8) is 0 Å². The van der Waals surface area contributed by atoms with Crippen molar-refractivity contribution >= 4 is 18.3 Å². The number of unbranched alkanes of at least 4 members (excludes halogenated alkanes) is 2. The van der Waals surface area contributed by atoms with Crippen LogP contribution in [0, 0.1) is 5.92 Å². The zero-order valence-corrected chi connectivity index (χ0v) is 17.0. The Balaban J connectivity index is 0.00000338. The lowest BCUT2D eigenvalue weighted by molar-refractivity contribution is -0.126. The topological polar surface area (TPSA) is 59.6 Å². The van der Waals surface area contributed by atoms with Crippen molar-refractivity contribution in [2.24, 2.45) is 5.92 Å². The third-order valence-electron chi connectivity index (χ3n) is 4.72. The number of piperidine rings is 1. The predicted octanol–water partition coefficient (Wildman–Crippen LogP) is 3.86. The van der Waals surface area contributed by atoms with E-state index in [4.69, 9.17) is 9.47 Å². The van der Waals surface area contributed by atoms with Gasteiger partial charge < -0.3 is 20.1 Å². The second-order valence-corrected chi connectivity index (χ2v) is 6.74. The average molecular weight is 385 g/mol. The van der Waals surface area contributed by atoms with Crippen molar-refractivity contribution in [1.29, 1.82) is 0 Å². The van der Waals surface area contributed by atoms with Gasteiger partial charge in [-0.1, -0.05) is 25.8 Å². The number of carbonyl (C=O) groups is 1. The van der Waals surface area contributed by atoms with E-state index in [1.807, 2.05) is 25.1 Å². The fourth-order valence-corrected chi connectivity index (χ4v) is 3.10. The van der Waals surface area contributed by atoms with Crippen LogP contribution in [-0.4, -0.2) is 32.7 Å². The molecular formula is C20H33ClN2O3. The molecule has 5 nitrogen and oxygen atoms in total. The Morgan fingerprint density at radius 3 is 2.81 bits per heavy atom. The molecule has 6 heteroatoms. The van der Waals surface area contributed by atoms with E-state index in [-0.39, 0.29) is 30.3 Å². The van der Waals surface area contributed by atoms with Crippen molar-refractivity contribution in [3.05, 3.63) is 23.8 Å². The summed E-state index contributed by atoms with van der Waals surface area (Å²) in [7, 11) is 1.65. The Labute approximate surface area is 163 Å². The second-order valence-electron chi connectivity index (χ2n) is 6.74. The minimum Gasteiger partial charge on any atom is -0.493 e. The van der Waals surface area contributed by atoms with E-state index >= 15 is 0 Å². The maximum absolute atomic E-state index is 12.4. The minimum atomic E-state index is -0.0579. The van der Waals surface area contributed by atoms with Crippen molar-refractivity contribution < 1.29 is 14.3 Å². The number of hydrogen-bond donors (Lipinski definition) is 2. The maximum Gasteiger partial charge on any atom is 0.224 e. The smallest absolute Gasteiger partial charge is 0.224 e. The van der Waals surface area contributed by atoms with Crippen molar-refractivity contribution in [3.8, 4) is 11.5 Å². The van der Waals surface area contributed by atoms with Gasteiger partial charge in [-0.3, -0.25) is 4.79 Å². The Kier molecular flexibility index (Phi) is 10.4. The van der Waals surface area contributed by atoms with E-state index in [2.05, 4.69) is 17.6 Å². The van der Waals surface area contributed by atoms with Crippen LogP contribution in [0.15, 0.2) is 18.2 Å². The highest BCUT2D eigenvalue weighted by Gasteiger charge is 2.22. The lowest BCUT2D eigenvalue weighted by atomic mass is 9.98. The molecule has 1 aromatic rings. The number of nitrogens with one attached hydrogen (secondary N) is 2. The molecule has 1 aliphatic heterocycles. The van der Waals surface area contributed by atoms with Crippen molar-refractivity contribution in [2.75, 3.05) is 26.8 Å². The van der Waals surface area contributed by atoms with Gasteiger partial charge >= 0.3 is 0 Å². The van der Waals surface area contributed by atoms with E-state index in [0.29, 0.717) is 6.61 Å². The summed E-state index contributed by atoms with van der Waals surface area (Å²) < 4.78 is 11.3. The number of hydrogen-bond acceptors (Lipinski definition) is 4. The van der Waals surface area contributed by atoms with Gasteiger partial charge in [0.1, 0.15) is 0 Å². The fourth-order valence-electron chi connectivity index (χ4n) is 3.10. The van der Waals surface area contributed by atoms with Gasteiger partial charge in [-0.25, -0.2) is 0 Å². The normalized spacial score (nSPS) is 17.7.